The van der Waals surface area contributed by atoms with Gasteiger partial charge in [0.1, 0.15) is 0 Å². The van der Waals surface area contributed by atoms with Gasteiger partial charge < -0.3 is 10.3 Å². The Bertz CT molecular complexity index is 487. The topological polar surface area (TPSA) is 27.8 Å². The van der Waals surface area contributed by atoms with Crippen LogP contribution in [0.25, 0.3) is 10.9 Å². The van der Waals surface area contributed by atoms with E-state index in [-0.39, 0.29) is 0 Å². The van der Waals surface area contributed by atoms with Crippen molar-refractivity contribution in [3.63, 3.8) is 0 Å². The second-order valence-electron chi connectivity index (χ2n) is 5.39. The number of para-hydroxylation sites is 1. The van der Waals surface area contributed by atoms with Crippen LogP contribution in [-0.2, 0) is 6.54 Å². The van der Waals surface area contributed by atoms with Crippen molar-refractivity contribution >= 4 is 10.9 Å². The van der Waals surface area contributed by atoms with Crippen molar-refractivity contribution in [1.82, 2.24) is 10.3 Å². The van der Waals surface area contributed by atoms with Crippen molar-refractivity contribution in [3.05, 3.63) is 36.0 Å². The monoisotopic (exact) mass is 244 g/mol. The average molecular weight is 244 g/mol. The van der Waals surface area contributed by atoms with Gasteiger partial charge in [0.25, 0.3) is 0 Å². The molecule has 0 aliphatic rings. The van der Waals surface area contributed by atoms with E-state index < -0.39 is 0 Å². The molecule has 0 saturated carbocycles. The number of nitrogens with one attached hydrogen (secondary N) is 2. The highest BCUT2D eigenvalue weighted by atomic mass is 14.9. The van der Waals surface area contributed by atoms with Gasteiger partial charge in [-0.25, -0.2) is 0 Å². The first-order chi connectivity index (χ1) is 8.70. The van der Waals surface area contributed by atoms with Crippen molar-refractivity contribution in [2.75, 3.05) is 0 Å². The minimum Gasteiger partial charge on any atom is -0.361 e. The molecule has 2 heteroatoms. The Morgan fingerprint density at radius 3 is 2.83 bits per heavy atom. The third-order valence-corrected chi connectivity index (χ3v) is 3.77. The van der Waals surface area contributed by atoms with Crippen LogP contribution in [0.2, 0.25) is 0 Å². The summed E-state index contributed by atoms with van der Waals surface area (Å²) in [7, 11) is 0. The molecule has 2 unspecified atom stereocenters. The molecule has 1 aromatic carbocycles. The summed E-state index contributed by atoms with van der Waals surface area (Å²) in [6.45, 7) is 7.80. The molecule has 0 saturated heterocycles. The molecule has 0 amide bonds. The van der Waals surface area contributed by atoms with Crippen molar-refractivity contribution < 1.29 is 0 Å². The molecule has 1 aromatic heterocycles. The van der Waals surface area contributed by atoms with Crippen LogP contribution in [0.3, 0.4) is 0 Å². The van der Waals surface area contributed by atoms with Gasteiger partial charge in [-0.1, -0.05) is 38.5 Å². The normalized spacial score (nSPS) is 14.8. The Hall–Kier alpha value is -1.28. The SMILES string of the molecule is CCC(C)CC(C)NCc1cccc2cc[nH]c12. The number of rotatable bonds is 6. The molecule has 2 N–H and O–H groups in total. The van der Waals surface area contributed by atoms with Gasteiger partial charge in [0.15, 0.2) is 0 Å². The van der Waals surface area contributed by atoms with Gasteiger partial charge in [0, 0.05) is 24.3 Å². The van der Waals surface area contributed by atoms with Gasteiger partial charge in [-0.2, -0.15) is 0 Å². The second-order valence-corrected chi connectivity index (χ2v) is 5.39. The number of aromatic amines is 1. The number of H-pyrrole nitrogens is 1. The zero-order chi connectivity index (χ0) is 13.0. The molecule has 2 rings (SSSR count). The van der Waals surface area contributed by atoms with Crippen LogP contribution in [0.1, 0.15) is 39.2 Å². The summed E-state index contributed by atoms with van der Waals surface area (Å²) in [6, 6.07) is 9.18. The number of hydrogen-bond acceptors (Lipinski definition) is 1. The van der Waals surface area contributed by atoms with Crippen molar-refractivity contribution in [3.8, 4) is 0 Å². The standard InChI is InChI=1S/C16H24N2/c1-4-12(2)10-13(3)18-11-15-7-5-6-14-8-9-17-16(14)15/h5-9,12-13,17-18H,4,10-11H2,1-3H3. The van der Waals surface area contributed by atoms with E-state index in [9.17, 15) is 0 Å². The van der Waals surface area contributed by atoms with E-state index in [0.717, 1.165) is 12.5 Å². The highest BCUT2D eigenvalue weighted by molar-refractivity contribution is 5.82. The Morgan fingerprint density at radius 2 is 2.06 bits per heavy atom. The third kappa shape index (κ3) is 3.14. The Kier molecular flexibility index (Phi) is 4.43. The fourth-order valence-corrected chi connectivity index (χ4v) is 2.43. The Morgan fingerprint density at radius 1 is 1.22 bits per heavy atom. The lowest BCUT2D eigenvalue weighted by atomic mass is 10.00. The van der Waals surface area contributed by atoms with Crippen LogP contribution in [0, 0.1) is 5.92 Å². The first-order valence-corrected chi connectivity index (χ1v) is 6.99. The molecule has 18 heavy (non-hydrogen) atoms. The fourth-order valence-electron chi connectivity index (χ4n) is 2.43. The van der Waals surface area contributed by atoms with Gasteiger partial charge in [0.05, 0.1) is 0 Å². The van der Waals surface area contributed by atoms with E-state index in [2.05, 4.69) is 55.3 Å². The van der Waals surface area contributed by atoms with E-state index in [1.54, 1.807) is 0 Å². The Balaban J connectivity index is 1.95. The fraction of sp³-hybridized carbons (Fsp3) is 0.500. The zero-order valence-electron chi connectivity index (χ0n) is 11.7. The second kappa shape index (κ2) is 6.05. The molecule has 0 bridgehead atoms. The maximum Gasteiger partial charge on any atom is 0.0499 e. The van der Waals surface area contributed by atoms with E-state index in [1.165, 1.54) is 29.3 Å². The lowest BCUT2D eigenvalue weighted by molar-refractivity contribution is 0.412. The molecule has 2 aromatic rings. The summed E-state index contributed by atoms with van der Waals surface area (Å²) < 4.78 is 0. The van der Waals surface area contributed by atoms with Gasteiger partial charge in [-0.05, 0) is 36.3 Å². The van der Waals surface area contributed by atoms with Crippen LogP contribution in [-0.4, -0.2) is 11.0 Å². The van der Waals surface area contributed by atoms with E-state index in [4.69, 9.17) is 0 Å². The molecular formula is C16H24N2. The van der Waals surface area contributed by atoms with Crippen molar-refractivity contribution in [2.24, 2.45) is 5.92 Å². The van der Waals surface area contributed by atoms with Gasteiger partial charge in [-0.15, -0.1) is 0 Å². The van der Waals surface area contributed by atoms with Crippen LogP contribution >= 0.6 is 0 Å². The lowest BCUT2D eigenvalue weighted by Crippen LogP contribution is -2.27. The molecule has 0 aliphatic carbocycles. The molecule has 0 spiro atoms. The Labute approximate surface area is 110 Å². The third-order valence-electron chi connectivity index (χ3n) is 3.77. The van der Waals surface area contributed by atoms with Gasteiger partial charge >= 0.3 is 0 Å². The maximum absolute atomic E-state index is 3.63. The van der Waals surface area contributed by atoms with Crippen LogP contribution < -0.4 is 5.32 Å². The quantitative estimate of drug-likeness (QED) is 0.787. The maximum atomic E-state index is 3.63. The van der Waals surface area contributed by atoms with E-state index in [0.29, 0.717) is 6.04 Å². The first kappa shape index (κ1) is 13.2. The van der Waals surface area contributed by atoms with Crippen LogP contribution in [0.4, 0.5) is 0 Å². The van der Waals surface area contributed by atoms with Crippen molar-refractivity contribution in [1.29, 1.82) is 0 Å². The highest BCUT2D eigenvalue weighted by Gasteiger charge is 2.08. The predicted molar refractivity (Wildman–Crippen MR) is 78.7 cm³/mol. The zero-order valence-corrected chi connectivity index (χ0v) is 11.7. The summed E-state index contributed by atoms with van der Waals surface area (Å²) in [5.74, 6) is 0.800. The smallest absolute Gasteiger partial charge is 0.0499 e. The summed E-state index contributed by atoms with van der Waals surface area (Å²) in [4.78, 5) is 3.32. The number of benzene rings is 1. The summed E-state index contributed by atoms with van der Waals surface area (Å²) >= 11 is 0. The van der Waals surface area contributed by atoms with Gasteiger partial charge in [0.2, 0.25) is 0 Å². The molecule has 2 atom stereocenters. The highest BCUT2D eigenvalue weighted by Crippen LogP contribution is 2.17. The number of aromatic nitrogens is 1. The largest absolute Gasteiger partial charge is 0.361 e. The summed E-state index contributed by atoms with van der Waals surface area (Å²) in [5.41, 5.74) is 2.62. The van der Waals surface area contributed by atoms with E-state index in [1.807, 2.05) is 6.20 Å². The lowest BCUT2D eigenvalue weighted by Gasteiger charge is -2.17. The van der Waals surface area contributed by atoms with Crippen LogP contribution in [0.15, 0.2) is 30.5 Å². The summed E-state index contributed by atoms with van der Waals surface area (Å²) in [5, 5.41) is 4.92. The predicted octanol–water partition coefficient (Wildman–Crippen LogP) is 4.08. The van der Waals surface area contributed by atoms with Crippen LogP contribution in [0.5, 0.6) is 0 Å². The minimum absolute atomic E-state index is 0.574. The van der Waals surface area contributed by atoms with Crippen molar-refractivity contribution in [2.45, 2.75) is 46.2 Å². The number of hydrogen-bond donors (Lipinski definition) is 2. The van der Waals surface area contributed by atoms with Gasteiger partial charge in [-0.3, -0.25) is 0 Å². The molecule has 0 radical (unpaired) electrons. The molecule has 1 heterocycles. The molecular weight excluding hydrogens is 220 g/mol. The molecule has 98 valence electrons. The minimum atomic E-state index is 0.574. The number of fused-ring (bicyclic) bond motifs is 1. The average Bonchev–Trinajstić information content (AvgIpc) is 2.84. The molecule has 2 nitrogen and oxygen atoms in total. The summed E-state index contributed by atoms with van der Waals surface area (Å²) in [6.07, 6.45) is 4.52. The van der Waals surface area contributed by atoms with E-state index >= 15 is 0 Å². The first-order valence-electron chi connectivity index (χ1n) is 6.99. The molecule has 0 fully saturated rings. The molecule has 0 aliphatic heterocycles.